The van der Waals surface area contributed by atoms with Gasteiger partial charge in [0.1, 0.15) is 5.82 Å². The fourth-order valence-corrected chi connectivity index (χ4v) is 3.19. The Labute approximate surface area is 143 Å². The van der Waals surface area contributed by atoms with E-state index in [1.54, 1.807) is 16.8 Å². The van der Waals surface area contributed by atoms with Crippen molar-refractivity contribution in [2.24, 2.45) is 5.92 Å². The van der Waals surface area contributed by atoms with Crippen LogP contribution in [0, 0.1) is 5.92 Å². The van der Waals surface area contributed by atoms with Gasteiger partial charge in [-0.15, -0.1) is 0 Å². The van der Waals surface area contributed by atoms with Crippen LogP contribution in [-0.2, 0) is 25.7 Å². The predicted octanol–water partition coefficient (Wildman–Crippen LogP) is 3.64. The number of imidazole rings is 1. The molecule has 1 unspecified atom stereocenters. The number of halogens is 4. The minimum absolute atomic E-state index is 0.296. The first kappa shape index (κ1) is 17.2. The van der Waals surface area contributed by atoms with Crippen molar-refractivity contribution in [3.63, 3.8) is 0 Å². The van der Waals surface area contributed by atoms with Crippen molar-refractivity contribution in [3.05, 3.63) is 46.8 Å². The van der Waals surface area contributed by atoms with E-state index in [0.717, 1.165) is 24.9 Å². The SMILES string of the molecule is CN(Cc1ccc(Cl)cn1)CC1CCc2nc(C(F)(F)F)cn2C1. The lowest BCUT2D eigenvalue weighted by Crippen LogP contribution is -2.31. The third kappa shape index (κ3) is 4.08. The number of rotatable bonds is 4. The maximum atomic E-state index is 12.8. The summed E-state index contributed by atoms with van der Waals surface area (Å²) < 4.78 is 39.9. The molecule has 0 saturated heterocycles. The monoisotopic (exact) mass is 358 g/mol. The zero-order chi connectivity index (χ0) is 17.3. The van der Waals surface area contributed by atoms with Crippen LogP contribution in [0.3, 0.4) is 0 Å². The summed E-state index contributed by atoms with van der Waals surface area (Å²) >= 11 is 5.82. The number of aromatic nitrogens is 3. The first-order chi connectivity index (χ1) is 11.3. The molecule has 2 aromatic heterocycles. The third-order valence-corrected chi connectivity index (χ3v) is 4.39. The number of alkyl halides is 3. The summed E-state index contributed by atoms with van der Waals surface area (Å²) in [5.41, 5.74) is 0.122. The molecule has 8 heteroatoms. The van der Waals surface area contributed by atoms with E-state index in [0.29, 0.717) is 36.3 Å². The van der Waals surface area contributed by atoms with Gasteiger partial charge in [0.15, 0.2) is 5.69 Å². The van der Waals surface area contributed by atoms with Crippen LogP contribution < -0.4 is 0 Å². The summed E-state index contributed by atoms with van der Waals surface area (Å²) in [4.78, 5) is 10.1. The van der Waals surface area contributed by atoms with E-state index in [-0.39, 0.29) is 0 Å². The second kappa shape index (κ2) is 6.72. The van der Waals surface area contributed by atoms with Crippen molar-refractivity contribution in [2.45, 2.75) is 32.1 Å². The average molecular weight is 359 g/mol. The fourth-order valence-electron chi connectivity index (χ4n) is 3.08. The summed E-state index contributed by atoms with van der Waals surface area (Å²) in [6.45, 7) is 2.04. The third-order valence-electron chi connectivity index (χ3n) is 4.17. The summed E-state index contributed by atoms with van der Waals surface area (Å²) in [5, 5.41) is 0.599. The Kier molecular flexibility index (Phi) is 4.83. The lowest BCUT2D eigenvalue weighted by atomic mass is 9.99. The molecule has 0 fully saturated rings. The quantitative estimate of drug-likeness (QED) is 0.836. The Bertz CT molecular complexity index is 696. The molecule has 2 aromatic rings. The smallest absolute Gasteiger partial charge is 0.334 e. The molecular weight excluding hydrogens is 341 g/mol. The average Bonchev–Trinajstić information content (AvgIpc) is 2.93. The van der Waals surface area contributed by atoms with Crippen LogP contribution in [0.4, 0.5) is 13.2 Å². The Morgan fingerprint density at radius 1 is 1.38 bits per heavy atom. The molecule has 0 spiro atoms. The molecule has 1 aliphatic rings. The molecule has 4 nitrogen and oxygen atoms in total. The number of aryl methyl sites for hydroxylation is 1. The first-order valence-electron chi connectivity index (χ1n) is 7.73. The minimum Gasteiger partial charge on any atom is -0.334 e. The van der Waals surface area contributed by atoms with E-state index in [9.17, 15) is 13.2 Å². The number of fused-ring (bicyclic) bond motifs is 1. The Morgan fingerprint density at radius 3 is 2.83 bits per heavy atom. The molecule has 3 heterocycles. The van der Waals surface area contributed by atoms with Crippen molar-refractivity contribution in [1.82, 2.24) is 19.4 Å². The lowest BCUT2D eigenvalue weighted by Gasteiger charge is -2.28. The van der Waals surface area contributed by atoms with Gasteiger partial charge in [-0.05, 0) is 31.5 Å². The van der Waals surface area contributed by atoms with Crippen LogP contribution in [0.25, 0.3) is 0 Å². The molecule has 130 valence electrons. The zero-order valence-corrected chi connectivity index (χ0v) is 14.0. The van der Waals surface area contributed by atoms with E-state index in [4.69, 9.17) is 11.6 Å². The van der Waals surface area contributed by atoms with Gasteiger partial charge in [0.05, 0.1) is 10.7 Å². The Morgan fingerprint density at radius 2 is 2.17 bits per heavy atom. The van der Waals surface area contributed by atoms with Gasteiger partial charge in [-0.1, -0.05) is 11.6 Å². The second-order valence-electron chi connectivity index (χ2n) is 6.26. The molecule has 24 heavy (non-hydrogen) atoms. The maximum absolute atomic E-state index is 12.8. The summed E-state index contributed by atoms with van der Waals surface area (Å²) in [6, 6.07) is 3.68. The van der Waals surface area contributed by atoms with Gasteiger partial charge in [0.25, 0.3) is 0 Å². The van der Waals surface area contributed by atoms with Gasteiger partial charge < -0.3 is 9.47 Å². The molecule has 1 aliphatic heterocycles. The van der Waals surface area contributed by atoms with Gasteiger partial charge in [-0.3, -0.25) is 4.98 Å². The van der Waals surface area contributed by atoms with Crippen LogP contribution in [-0.4, -0.2) is 33.0 Å². The molecule has 0 bridgehead atoms. The Balaban J connectivity index is 1.59. The molecule has 1 atom stereocenters. The van der Waals surface area contributed by atoms with E-state index >= 15 is 0 Å². The van der Waals surface area contributed by atoms with E-state index in [2.05, 4.69) is 14.9 Å². The van der Waals surface area contributed by atoms with Crippen LogP contribution in [0.15, 0.2) is 24.5 Å². The van der Waals surface area contributed by atoms with Crippen LogP contribution in [0.1, 0.15) is 23.6 Å². The molecule has 0 aromatic carbocycles. The van der Waals surface area contributed by atoms with E-state index in [1.807, 2.05) is 13.1 Å². The highest BCUT2D eigenvalue weighted by Crippen LogP contribution is 2.30. The summed E-state index contributed by atoms with van der Waals surface area (Å²) in [7, 11) is 1.99. The van der Waals surface area contributed by atoms with Crippen molar-refractivity contribution in [1.29, 1.82) is 0 Å². The van der Waals surface area contributed by atoms with Crippen molar-refractivity contribution in [2.75, 3.05) is 13.6 Å². The molecule has 0 amide bonds. The Hall–Kier alpha value is -1.60. The zero-order valence-electron chi connectivity index (χ0n) is 13.2. The first-order valence-corrected chi connectivity index (χ1v) is 8.11. The van der Waals surface area contributed by atoms with Crippen molar-refractivity contribution in [3.8, 4) is 0 Å². The van der Waals surface area contributed by atoms with Gasteiger partial charge in [-0.2, -0.15) is 13.2 Å². The standard InChI is InChI=1S/C16H18ClF3N4/c1-23(9-13-4-3-12(17)6-21-13)7-11-2-5-15-22-14(16(18,19)20)10-24(15)8-11/h3-4,6,10-11H,2,5,7-9H2,1H3. The highest BCUT2D eigenvalue weighted by Gasteiger charge is 2.35. The fraction of sp³-hybridized carbons (Fsp3) is 0.500. The van der Waals surface area contributed by atoms with Gasteiger partial charge >= 0.3 is 6.18 Å². The van der Waals surface area contributed by atoms with Gasteiger partial charge in [-0.25, -0.2) is 4.98 Å². The molecule has 0 saturated carbocycles. The lowest BCUT2D eigenvalue weighted by molar-refractivity contribution is -0.141. The maximum Gasteiger partial charge on any atom is 0.434 e. The number of hydrogen-bond acceptors (Lipinski definition) is 3. The van der Waals surface area contributed by atoms with Gasteiger partial charge in [0, 0.05) is 38.4 Å². The van der Waals surface area contributed by atoms with Gasteiger partial charge in [0.2, 0.25) is 0 Å². The largest absolute Gasteiger partial charge is 0.434 e. The van der Waals surface area contributed by atoms with E-state index < -0.39 is 11.9 Å². The number of nitrogens with zero attached hydrogens (tertiary/aromatic N) is 4. The summed E-state index contributed by atoms with van der Waals surface area (Å²) in [6.07, 6.45) is -0.221. The predicted molar refractivity (Wildman–Crippen MR) is 84.6 cm³/mol. The molecular formula is C16H18ClF3N4. The molecule has 0 N–H and O–H groups in total. The number of pyridine rings is 1. The molecule has 3 rings (SSSR count). The minimum atomic E-state index is -4.38. The van der Waals surface area contributed by atoms with Crippen LogP contribution in [0.5, 0.6) is 0 Å². The highest BCUT2D eigenvalue weighted by molar-refractivity contribution is 6.30. The molecule has 0 radical (unpaired) electrons. The summed E-state index contributed by atoms with van der Waals surface area (Å²) in [5.74, 6) is 0.825. The second-order valence-corrected chi connectivity index (χ2v) is 6.70. The highest BCUT2D eigenvalue weighted by atomic mass is 35.5. The topological polar surface area (TPSA) is 34.0 Å². The van der Waals surface area contributed by atoms with Crippen LogP contribution >= 0.6 is 11.6 Å². The van der Waals surface area contributed by atoms with E-state index in [1.165, 1.54) is 0 Å². The van der Waals surface area contributed by atoms with Crippen molar-refractivity contribution >= 4 is 11.6 Å². The number of hydrogen-bond donors (Lipinski definition) is 0. The van der Waals surface area contributed by atoms with Crippen LogP contribution in [0.2, 0.25) is 5.02 Å². The normalized spacial score (nSPS) is 18.0. The molecule has 0 aliphatic carbocycles. The van der Waals surface area contributed by atoms with Crippen molar-refractivity contribution < 1.29 is 13.2 Å².